The van der Waals surface area contributed by atoms with E-state index in [0.717, 1.165) is 17.9 Å². The molecule has 0 unspecified atom stereocenters. The molecular weight excluding hydrogens is 322 g/mol. The second-order valence-corrected chi connectivity index (χ2v) is 6.13. The van der Waals surface area contributed by atoms with Gasteiger partial charge in [0.15, 0.2) is 0 Å². The van der Waals surface area contributed by atoms with Gasteiger partial charge in [0.1, 0.15) is 5.69 Å². The van der Waals surface area contributed by atoms with Crippen molar-refractivity contribution in [3.05, 3.63) is 90.3 Å². The molecule has 4 heteroatoms. The number of carbonyl (C=O) groups is 1. The predicted molar refractivity (Wildman–Crippen MR) is 107 cm³/mol. The monoisotopic (exact) mass is 345 g/mol. The summed E-state index contributed by atoms with van der Waals surface area (Å²) >= 11 is 0. The fourth-order valence-electron chi connectivity index (χ4n) is 2.91. The van der Waals surface area contributed by atoms with Crippen molar-refractivity contribution in [2.45, 2.75) is 13.5 Å². The molecule has 0 aliphatic rings. The van der Waals surface area contributed by atoms with Gasteiger partial charge in [-0.1, -0.05) is 48.5 Å². The standard InChI is InChI=1S/C22H23N3O/c1-3-25(19-12-8-5-9-13-19)22(26)21-16-20(14-15-23-21)24(2)17-18-10-6-4-7-11-18/h4-16H,3,17H2,1-2H3. The Balaban J connectivity index is 1.81. The number of aromatic nitrogens is 1. The van der Waals surface area contributed by atoms with Gasteiger partial charge < -0.3 is 9.80 Å². The molecule has 1 amide bonds. The van der Waals surface area contributed by atoms with E-state index in [2.05, 4.69) is 22.0 Å². The minimum atomic E-state index is -0.0892. The lowest BCUT2D eigenvalue weighted by atomic mass is 10.2. The molecule has 0 saturated carbocycles. The lowest BCUT2D eigenvalue weighted by Gasteiger charge is -2.22. The van der Waals surface area contributed by atoms with Crippen molar-refractivity contribution in [1.29, 1.82) is 0 Å². The van der Waals surface area contributed by atoms with Gasteiger partial charge in [-0.2, -0.15) is 0 Å². The molecule has 4 nitrogen and oxygen atoms in total. The zero-order valence-corrected chi connectivity index (χ0v) is 15.2. The highest BCUT2D eigenvalue weighted by Crippen LogP contribution is 2.20. The summed E-state index contributed by atoms with van der Waals surface area (Å²) in [4.78, 5) is 21.1. The lowest BCUT2D eigenvalue weighted by molar-refractivity contribution is 0.0983. The molecule has 3 rings (SSSR count). The molecule has 0 aliphatic carbocycles. The quantitative estimate of drug-likeness (QED) is 0.665. The van der Waals surface area contributed by atoms with Crippen LogP contribution in [0.4, 0.5) is 11.4 Å². The first-order valence-electron chi connectivity index (χ1n) is 8.77. The van der Waals surface area contributed by atoms with Gasteiger partial charge in [0, 0.05) is 37.7 Å². The van der Waals surface area contributed by atoms with Crippen molar-refractivity contribution >= 4 is 17.3 Å². The van der Waals surface area contributed by atoms with E-state index in [1.807, 2.05) is 74.6 Å². The number of nitrogens with zero attached hydrogens (tertiary/aromatic N) is 3. The van der Waals surface area contributed by atoms with E-state index >= 15 is 0 Å². The highest BCUT2D eigenvalue weighted by atomic mass is 16.2. The van der Waals surface area contributed by atoms with Gasteiger partial charge in [0.05, 0.1) is 0 Å². The van der Waals surface area contributed by atoms with E-state index in [1.165, 1.54) is 5.56 Å². The van der Waals surface area contributed by atoms with Crippen LogP contribution in [0.1, 0.15) is 23.0 Å². The van der Waals surface area contributed by atoms with Crippen LogP contribution in [0.3, 0.4) is 0 Å². The van der Waals surface area contributed by atoms with E-state index in [4.69, 9.17) is 0 Å². The van der Waals surface area contributed by atoms with E-state index in [-0.39, 0.29) is 5.91 Å². The Morgan fingerprint density at radius 2 is 1.58 bits per heavy atom. The average molecular weight is 345 g/mol. The molecule has 0 bridgehead atoms. The second-order valence-electron chi connectivity index (χ2n) is 6.13. The van der Waals surface area contributed by atoms with Crippen LogP contribution in [-0.2, 0) is 6.54 Å². The summed E-state index contributed by atoms with van der Waals surface area (Å²) in [5.41, 5.74) is 3.52. The van der Waals surface area contributed by atoms with Gasteiger partial charge in [0.2, 0.25) is 0 Å². The zero-order chi connectivity index (χ0) is 18.4. The number of carbonyl (C=O) groups excluding carboxylic acids is 1. The van der Waals surface area contributed by atoms with Crippen LogP contribution in [0.15, 0.2) is 79.0 Å². The molecule has 1 aromatic heterocycles. The molecule has 26 heavy (non-hydrogen) atoms. The molecule has 0 spiro atoms. The fraction of sp³-hybridized carbons (Fsp3) is 0.182. The van der Waals surface area contributed by atoms with Crippen LogP contribution >= 0.6 is 0 Å². The van der Waals surface area contributed by atoms with E-state index in [1.54, 1.807) is 11.1 Å². The molecule has 0 fully saturated rings. The molecule has 3 aromatic rings. The largest absolute Gasteiger partial charge is 0.370 e. The van der Waals surface area contributed by atoms with Crippen LogP contribution in [0.2, 0.25) is 0 Å². The summed E-state index contributed by atoms with van der Waals surface area (Å²) in [6.45, 7) is 3.33. The van der Waals surface area contributed by atoms with Crippen molar-refractivity contribution in [3.8, 4) is 0 Å². The van der Waals surface area contributed by atoms with Gasteiger partial charge >= 0.3 is 0 Å². The number of benzene rings is 2. The predicted octanol–water partition coefficient (Wildman–Crippen LogP) is 4.38. The molecule has 1 heterocycles. The maximum Gasteiger partial charge on any atom is 0.276 e. The van der Waals surface area contributed by atoms with Crippen LogP contribution in [0.5, 0.6) is 0 Å². The third kappa shape index (κ3) is 4.09. The Labute approximate surface area is 154 Å². The molecule has 132 valence electrons. The van der Waals surface area contributed by atoms with Crippen LogP contribution in [-0.4, -0.2) is 24.5 Å². The Morgan fingerprint density at radius 1 is 0.923 bits per heavy atom. The summed E-state index contributed by atoms with van der Waals surface area (Å²) in [6.07, 6.45) is 1.70. The zero-order valence-electron chi connectivity index (χ0n) is 15.2. The molecular formula is C22H23N3O. The van der Waals surface area contributed by atoms with Crippen LogP contribution < -0.4 is 9.80 Å². The summed E-state index contributed by atoms with van der Waals surface area (Å²) in [5, 5.41) is 0. The van der Waals surface area contributed by atoms with Crippen molar-refractivity contribution in [1.82, 2.24) is 4.98 Å². The van der Waals surface area contributed by atoms with Gasteiger partial charge in [-0.3, -0.25) is 9.78 Å². The first kappa shape index (κ1) is 17.7. The Kier molecular flexibility index (Phi) is 5.64. The number of pyridine rings is 1. The third-order valence-electron chi connectivity index (χ3n) is 4.30. The number of amides is 1. The van der Waals surface area contributed by atoms with Crippen LogP contribution in [0.25, 0.3) is 0 Å². The van der Waals surface area contributed by atoms with E-state index in [0.29, 0.717) is 12.2 Å². The highest BCUT2D eigenvalue weighted by molar-refractivity contribution is 6.05. The smallest absolute Gasteiger partial charge is 0.276 e. The van der Waals surface area contributed by atoms with E-state index in [9.17, 15) is 4.79 Å². The molecule has 0 N–H and O–H groups in total. The maximum atomic E-state index is 13.0. The summed E-state index contributed by atoms with van der Waals surface area (Å²) in [7, 11) is 2.02. The normalized spacial score (nSPS) is 10.4. The number of anilines is 2. The van der Waals surface area contributed by atoms with Crippen molar-refractivity contribution < 1.29 is 4.79 Å². The number of hydrogen-bond donors (Lipinski definition) is 0. The second kappa shape index (κ2) is 8.30. The van der Waals surface area contributed by atoms with E-state index < -0.39 is 0 Å². The summed E-state index contributed by atoms with van der Waals surface area (Å²) in [6, 6.07) is 23.7. The SMILES string of the molecule is CCN(C(=O)c1cc(N(C)Cc2ccccc2)ccn1)c1ccccc1. The molecule has 0 aliphatic heterocycles. The number of para-hydroxylation sites is 1. The first-order valence-corrected chi connectivity index (χ1v) is 8.77. The molecule has 0 radical (unpaired) electrons. The Bertz CT molecular complexity index is 850. The molecule has 2 aromatic carbocycles. The first-order chi connectivity index (χ1) is 12.7. The van der Waals surface area contributed by atoms with Gasteiger partial charge in [-0.05, 0) is 36.8 Å². The van der Waals surface area contributed by atoms with Crippen molar-refractivity contribution in [3.63, 3.8) is 0 Å². The van der Waals surface area contributed by atoms with Crippen molar-refractivity contribution in [2.75, 3.05) is 23.4 Å². The average Bonchev–Trinajstić information content (AvgIpc) is 2.70. The summed E-state index contributed by atoms with van der Waals surface area (Å²) in [5.74, 6) is -0.0892. The molecule has 0 saturated heterocycles. The van der Waals surface area contributed by atoms with Gasteiger partial charge in [-0.25, -0.2) is 0 Å². The lowest BCUT2D eigenvalue weighted by Crippen LogP contribution is -2.31. The van der Waals surface area contributed by atoms with Gasteiger partial charge in [-0.15, -0.1) is 0 Å². The number of rotatable bonds is 6. The Hall–Kier alpha value is -3.14. The number of hydrogen-bond acceptors (Lipinski definition) is 3. The topological polar surface area (TPSA) is 36.4 Å². The van der Waals surface area contributed by atoms with Gasteiger partial charge in [0.25, 0.3) is 5.91 Å². The summed E-state index contributed by atoms with van der Waals surface area (Å²) < 4.78 is 0. The third-order valence-corrected chi connectivity index (χ3v) is 4.30. The molecule has 0 atom stereocenters. The van der Waals surface area contributed by atoms with Crippen molar-refractivity contribution in [2.24, 2.45) is 0 Å². The fourth-order valence-corrected chi connectivity index (χ4v) is 2.91. The maximum absolute atomic E-state index is 13.0. The van der Waals surface area contributed by atoms with Crippen LogP contribution in [0, 0.1) is 0 Å². The minimum Gasteiger partial charge on any atom is -0.370 e. The Morgan fingerprint density at radius 3 is 2.23 bits per heavy atom. The minimum absolute atomic E-state index is 0.0892. The highest BCUT2D eigenvalue weighted by Gasteiger charge is 2.18.